The van der Waals surface area contributed by atoms with Crippen molar-refractivity contribution in [2.75, 3.05) is 0 Å². The topological polar surface area (TPSA) is 37.8 Å². The monoisotopic (exact) mass is 303 g/mol. The zero-order chi connectivity index (χ0) is 14.8. The van der Waals surface area contributed by atoms with Crippen molar-refractivity contribution in [2.24, 2.45) is 0 Å². The van der Waals surface area contributed by atoms with Crippen molar-refractivity contribution in [1.29, 1.82) is 0 Å². The van der Waals surface area contributed by atoms with E-state index in [9.17, 15) is 4.39 Å². The van der Waals surface area contributed by atoms with Crippen LogP contribution in [0.2, 0.25) is 0 Å². The van der Waals surface area contributed by atoms with E-state index in [2.05, 4.69) is 15.3 Å². The summed E-state index contributed by atoms with van der Waals surface area (Å²) in [5.74, 6) is -0.210. The van der Waals surface area contributed by atoms with Gasteiger partial charge < -0.3 is 5.32 Å². The van der Waals surface area contributed by atoms with Gasteiger partial charge in [0.25, 0.3) is 0 Å². The Labute approximate surface area is 128 Å². The molecule has 0 aliphatic heterocycles. The van der Waals surface area contributed by atoms with Crippen molar-refractivity contribution in [1.82, 2.24) is 15.3 Å². The van der Waals surface area contributed by atoms with Crippen molar-refractivity contribution in [3.8, 4) is 0 Å². The maximum atomic E-state index is 14.2. The Kier molecular flexibility index (Phi) is 4.22. The van der Waals surface area contributed by atoms with Gasteiger partial charge in [-0.05, 0) is 56.1 Å². The lowest BCUT2D eigenvalue weighted by Crippen LogP contribution is -2.16. The number of nitrogens with one attached hydrogen (secondary N) is 1. The van der Waals surface area contributed by atoms with E-state index in [0.29, 0.717) is 22.6 Å². The lowest BCUT2D eigenvalue weighted by Gasteiger charge is -2.11. The van der Waals surface area contributed by atoms with Gasteiger partial charge in [0.15, 0.2) is 5.16 Å². The number of hydrogen-bond acceptors (Lipinski definition) is 4. The van der Waals surface area contributed by atoms with Gasteiger partial charge in [0, 0.05) is 24.0 Å². The Hall–Kier alpha value is -1.46. The number of halogens is 1. The molecule has 1 N–H and O–H groups in total. The lowest BCUT2D eigenvalue weighted by molar-refractivity contribution is 0.588. The summed E-state index contributed by atoms with van der Waals surface area (Å²) in [6.07, 6.45) is 2.44. The van der Waals surface area contributed by atoms with E-state index in [1.165, 1.54) is 30.7 Å². The first-order valence-corrected chi connectivity index (χ1v) is 7.94. The molecule has 3 rings (SSSR count). The molecule has 1 aliphatic rings. The number of aryl methyl sites for hydroxylation is 2. The smallest absolute Gasteiger partial charge is 0.192 e. The molecule has 1 aromatic carbocycles. The predicted octanol–water partition coefficient (Wildman–Crippen LogP) is 3.64. The van der Waals surface area contributed by atoms with Crippen molar-refractivity contribution in [3.63, 3.8) is 0 Å². The van der Waals surface area contributed by atoms with Gasteiger partial charge in [-0.3, -0.25) is 0 Å². The Bertz CT molecular complexity index is 636. The molecule has 110 valence electrons. The second-order valence-electron chi connectivity index (χ2n) is 5.42. The van der Waals surface area contributed by atoms with Gasteiger partial charge in [0.05, 0.1) is 4.90 Å². The zero-order valence-corrected chi connectivity index (χ0v) is 13.0. The Morgan fingerprint density at radius 1 is 1.24 bits per heavy atom. The molecule has 0 amide bonds. The third-order valence-electron chi connectivity index (χ3n) is 3.36. The van der Waals surface area contributed by atoms with Crippen LogP contribution in [0.5, 0.6) is 0 Å². The minimum absolute atomic E-state index is 0.210. The standard InChI is InChI=1S/C16H18FN3S/c1-10-8-11(2)20-16(19-10)21-15-12(4-3-5-14(15)17)9-18-13-6-7-13/h3-5,8,13,18H,6-7,9H2,1-2H3. The number of rotatable bonds is 5. The molecule has 1 fully saturated rings. The van der Waals surface area contributed by atoms with Gasteiger partial charge in [0.2, 0.25) is 0 Å². The van der Waals surface area contributed by atoms with Crippen LogP contribution in [0, 0.1) is 19.7 Å². The van der Waals surface area contributed by atoms with Crippen LogP contribution >= 0.6 is 11.8 Å². The SMILES string of the molecule is Cc1cc(C)nc(Sc2c(F)cccc2CNC2CC2)n1. The van der Waals surface area contributed by atoms with E-state index >= 15 is 0 Å². The normalized spacial score (nSPS) is 14.4. The van der Waals surface area contributed by atoms with Gasteiger partial charge in [-0.25, -0.2) is 14.4 Å². The number of hydrogen-bond donors (Lipinski definition) is 1. The van der Waals surface area contributed by atoms with E-state index in [1.807, 2.05) is 26.0 Å². The second-order valence-corrected chi connectivity index (χ2v) is 6.40. The summed E-state index contributed by atoms with van der Waals surface area (Å²) in [6, 6.07) is 7.73. The fourth-order valence-corrected chi connectivity index (χ4v) is 3.18. The van der Waals surface area contributed by atoms with Crippen LogP contribution in [-0.2, 0) is 6.54 Å². The summed E-state index contributed by atoms with van der Waals surface area (Å²) >= 11 is 1.30. The van der Waals surface area contributed by atoms with Crippen LogP contribution < -0.4 is 5.32 Å². The van der Waals surface area contributed by atoms with Crippen LogP contribution in [0.15, 0.2) is 34.3 Å². The van der Waals surface area contributed by atoms with E-state index in [0.717, 1.165) is 17.0 Å². The highest BCUT2D eigenvalue weighted by Crippen LogP contribution is 2.31. The van der Waals surface area contributed by atoms with Gasteiger partial charge >= 0.3 is 0 Å². The summed E-state index contributed by atoms with van der Waals surface area (Å²) in [5.41, 5.74) is 2.77. The van der Waals surface area contributed by atoms with E-state index in [1.54, 1.807) is 6.07 Å². The number of aromatic nitrogens is 2. The molecule has 5 heteroatoms. The van der Waals surface area contributed by atoms with Crippen LogP contribution in [-0.4, -0.2) is 16.0 Å². The highest BCUT2D eigenvalue weighted by molar-refractivity contribution is 7.99. The molecule has 0 radical (unpaired) electrons. The summed E-state index contributed by atoms with van der Waals surface area (Å²) in [6.45, 7) is 4.54. The van der Waals surface area contributed by atoms with Crippen LogP contribution in [0.1, 0.15) is 29.8 Å². The molecule has 0 unspecified atom stereocenters. The molecular formula is C16H18FN3S. The number of benzene rings is 1. The molecule has 0 spiro atoms. The molecule has 3 nitrogen and oxygen atoms in total. The molecule has 21 heavy (non-hydrogen) atoms. The van der Waals surface area contributed by atoms with Crippen LogP contribution in [0.3, 0.4) is 0 Å². The Morgan fingerprint density at radius 3 is 2.62 bits per heavy atom. The van der Waals surface area contributed by atoms with Gasteiger partial charge in [0.1, 0.15) is 5.82 Å². The second kappa shape index (κ2) is 6.12. The van der Waals surface area contributed by atoms with Gasteiger partial charge in [-0.15, -0.1) is 0 Å². The van der Waals surface area contributed by atoms with Crippen molar-refractivity contribution < 1.29 is 4.39 Å². The minimum atomic E-state index is -0.210. The lowest BCUT2D eigenvalue weighted by atomic mass is 10.2. The van der Waals surface area contributed by atoms with E-state index in [-0.39, 0.29) is 5.82 Å². The first-order valence-electron chi connectivity index (χ1n) is 7.13. The maximum absolute atomic E-state index is 14.2. The number of nitrogens with zero attached hydrogens (tertiary/aromatic N) is 2. The first-order chi connectivity index (χ1) is 10.1. The third kappa shape index (κ3) is 3.80. The summed E-state index contributed by atoms with van der Waals surface area (Å²) < 4.78 is 14.2. The zero-order valence-electron chi connectivity index (χ0n) is 12.2. The Balaban J connectivity index is 1.85. The molecule has 0 bridgehead atoms. The van der Waals surface area contributed by atoms with Crippen molar-refractivity contribution >= 4 is 11.8 Å². The molecule has 1 aromatic heterocycles. The molecule has 1 aliphatic carbocycles. The van der Waals surface area contributed by atoms with E-state index < -0.39 is 0 Å². The third-order valence-corrected chi connectivity index (χ3v) is 4.39. The van der Waals surface area contributed by atoms with Crippen molar-refractivity contribution in [2.45, 2.75) is 49.3 Å². The molecule has 0 atom stereocenters. The molecule has 1 heterocycles. The average molecular weight is 303 g/mol. The largest absolute Gasteiger partial charge is 0.310 e. The molecule has 1 saturated carbocycles. The molecular weight excluding hydrogens is 285 g/mol. The van der Waals surface area contributed by atoms with Gasteiger partial charge in [-0.1, -0.05) is 12.1 Å². The Morgan fingerprint density at radius 2 is 1.95 bits per heavy atom. The average Bonchev–Trinajstić information content (AvgIpc) is 3.22. The molecule has 0 saturated heterocycles. The predicted molar refractivity (Wildman–Crippen MR) is 81.9 cm³/mol. The van der Waals surface area contributed by atoms with Gasteiger partial charge in [-0.2, -0.15) is 0 Å². The quantitative estimate of drug-likeness (QED) is 0.856. The minimum Gasteiger partial charge on any atom is -0.310 e. The van der Waals surface area contributed by atoms with Crippen LogP contribution in [0.25, 0.3) is 0 Å². The highest BCUT2D eigenvalue weighted by atomic mass is 32.2. The maximum Gasteiger partial charge on any atom is 0.192 e. The fraction of sp³-hybridized carbons (Fsp3) is 0.375. The molecule has 2 aromatic rings. The fourth-order valence-electron chi connectivity index (χ4n) is 2.18. The summed E-state index contributed by atoms with van der Waals surface area (Å²) in [4.78, 5) is 9.39. The summed E-state index contributed by atoms with van der Waals surface area (Å²) in [7, 11) is 0. The van der Waals surface area contributed by atoms with Crippen molar-refractivity contribution in [3.05, 3.63) is 47.0 Å². The first kappa shape index (κ1) is 14.5. The van der Waals surface area contributed by atoms with Crippen LogP contribution in [0.4, 0.5) is 4.39 Å². The van der Waals surface area contributed by atoms with E-state index in [4.69, 9.17) is 0 Å². The highest BCUT2D eigenvalue weighted by Gasteiger charge is 2.21. The summed E-state index contributed by atoms with van der Waals surface area (Å²) in [5, 5.41) is 4.03.